The van der Waals surface area contributed by atoms with Crippen molar-refractivity contribution >= 4 is 33.7 Å². The lowest BCUT2D eigenvalue weighted by Crippen LogP contribution is -2.19. The van der Waals surface area contributed by atoms with Gasteiger partial charge in [0.2, 0.25) is 5.91 Å². The van der Waals surface area contributed by atoms with Gasteiger partial charge in [-0.05, 0) is 33.6 Å². The largest absolute Gasteiger partial charge is 0.506 e. The molecule has 1 amide bonds. The van der Waals surface area contributed by atoms with Gasteiger partial charge in [-0.15, -0.1) is 0 Å². The molecule has 0 spiro atoms. The smallest absolute Gasteiger partial charge is 0.271 e. The number of benzene rings is 2. The molecule has 9 heteroatoms. The summed E-state index contributed by atoms with van der Waals surface area (Å²) >= 11 is 3.03. The molecule has 0 atom stereocenters. The van der Waals surface area contributed by atoms with E-state index in [0.717, 1.165) is 17.8 Å². The molecule has 0 aliphatic rings. The van der Waals surface area contributed by atoms with Crippen LogP contribution in [0.5, 0.6) is 11.5 Å². The number of non-ortho nitro benzene ring substituents is 1. The lowest BCUT2D eigenvalue weighted by Gasteiger charge is -2.04. The van der Waals surface area contributed by atoms with Crippen LogP contribution in [0.2, 0.25) is 0 Å². The molecule has 0 saturated carbocycles. The maximum atomic E-state index is 11.9. The summed E-state index contributed by atoms with van der Waals surface area (Å²) in [5, 5.41) is 24.4. The van der Waals surface area contributed by atoms with Crippen LogP contribution < -0.4 is 10.2 Å². The summed E-state index contributed by atoms with van der Waals surface area (Å²) in [6.45, 7) is 0. The number of hydrogen-bond acceptors (Lipinski definition) is 6. The third kappa shape index (κ3) is 5.01. The highest BCUT2D eigenvalue weighted by molar-refractivity contribution is 9.10. The Morgan fingerprint density at radius 1 is 1.44 bits per heavy atom. The van der Waals surface area contributed by atoms with E-state index >= 15 is 0 Å². The van der Waals surface area contributed by atoms with E-state index in [1.165, 1.54) is 13.2 Å². The molecule has 2 rings (SSSR count). The van der Waals surface area contributed by atoms with Crippen LogP contribution in [-0.2, 0) is 11.2 Å². The van der Waals surface area contributed by atoms with Crippen molar-refractivity contribution in [2.24, 2.45) is 5.10 Å². The van der Waals surface area contributed by atoms with Crippen LogP contribution in [0, 0.1) is 10.1 Å². The maximum Gasteiger partial charge on any atom is 0.271 e. The number of nitro benzene ring substituents is 1. The fourth-order valence-electron chi connectivity index (χ4n) is 1.99. The SMILES string of the molecule is COc1cccc(CC(=O)N/N=C/c2cc([N+](=O)[O-])cc(Br)c2O)c1. The summed E-state index contributed by atoms with van der Waals surface area (Å²) in [6, 6.07) is 9.36. The topological polar surface area (TPSA) is 114 Å². The minimum absolute atomic E-state index is 0.0825. The number of ether oxygens (including phenoxy) is 1. The molecule has 0 bridgehead atoms. The third-order valence-corrected chi connectivity index (χ3v) is 3.78. The molecule has 2 aromatic rings. The predicted molar refractivity (Wildman–Crippen MR) is 94.9 cm³/mol. The maximum absolute atomic E-state index is 11.9. The highest BCUT2D eigenvalue weighted by Crippen LogP contribution is 2.31. The third-order valence-electron chi connectivity index (χ3n) is 3.18. The second-order valence-corrected chi connectivity index (χ2v) is 5.80. The first-order chi connectivity index (χ1) is 11.9. The Bertz CT molecular complexity index is 839. The van der Waals surface area contributed by atoms with E-state index < -0.39 is 4.92 Å². The summed E-state index contributed by atoms with van der Waals surface area (Å²) in [6.07, 6.45) is 1.22. The molecule has 0 aromatic heterocycles. The molecule has 0 heterocycles. The first kappa shape index (κ1) is 18.4. The quantitative estimate of drug-likeness (QED) is 0.434. The number of hydrogen-bond donors (Lipinski definition) is 2. The molecule has 0 aliphatic heterocycles. The average Bonchev–Trinajstić information content (AvgIpc) is 2.58. The number of phenolic OH excluding ortho intramolecular Hbond substituents is 1. The van der Waals surface area contributed by atoms with Crippen molar-refractivity contribution in [2.45, 2.75) is 6.42 Å². The number of hydrazone groups is 1. The van der Waals surface area contributed by atoms with Gasteiger partial charge in [-0.3, -0.25) is 14.9 Å². The van der Waals surface area contributed by atoms with E-state index in [1.54, 1.807) is 24.3 Å². The van der Waals surface area contributed by atoms with Crippen molar-refractivity contribution in [1.29, 1.82) is 0 Å². The van der Waals surface area contributed by atoms with Crippen LogP contribution >= 0.6 is 15.9 Å². The number of amides is 1. The minimum Gasteiger partial charge on any atom is -0.506 e. The van der Waals surface area contributed by atoms with Crippen LogP contribution in [0.1, 0.15) is 11.1 Å². The van der Waals surface area contributed by atoms with Crippen molar-refractivity contribution in [1.82, 2.24) is 5.43 Å². The van der Waals surface area contributed by atoms with E-state index in [2.05, 4.69) is 26.5 Å². The van der Waals surface area contributed by atoms with Gasteiger partial charge in [0.1, 0.15) is 11.5 Å². The van der Waals surface area contributed by atoms with Gasteiger partial charge in [0, 0.05) is 17.7 Å². The second kappa shape index (κ2) is 8.25. The van der Waals surface area contributed by atoms with Crippen LogP contribution in [0.4, 0.5) is 5.69 Å². The number of nitrogens with zero attached hydrogens (tertiary/aromatic N) is 2. The van der Waals surface area contributed by atoms with E-state index in [9.17, 15) is 20.0 Å². The van der Waals surface area contributed by atoms with E-state index in [0.29, 0.717) is 5.75 Å². The molecule has 2 N–H and O–H groups in total. The van der Waals surface area contributed by atoms with Crippen LogP contribution in [0.3, 0.4) is 0 Å². The summed E-state index contributed by atoms with van der Waals surface area (Å²) in [5.74, 6) is 0.0463. The number of carbonyl (C=O) groups is 1. The molecule has 25 heavy (non-hydrogen) atoms. The van der Waals surface area contributed by atoms with E-state index in [4.69, 9.17) is 4.74 Å². The number of carbonyl (C=O) groups excluding carboxylic acids is 1. The normalized spacial score (nSPS) is 10.6. The standard InChI is InChI=1S/C16H14BrN3O5/c1-25-13-4-2-3-10(5-13)6-15(21)19-18-9-11-7-12(20(23)24)8-14(17)16(11)22/h2-5,7-9,22H,6H2,1H3,(H,19,21)/b18-9+. The van der Waals surface area contributed by atoms with Gasteiger partial charge in [0.25, 0.3) is 5.69 Å². The second-order valence-electron chi connectivity index (χ2n) is 4.94. The predicted octanol–water partition coefficient (Wildman–Crippen LogP) is 2.76. The van der Waals surface area contributed by atoms with Crippen molar-refractivity contribution < 1.29 is 19.6 Å². The summed E-state index contributed by atoms with van der Waals surface area (Å²) in [4.78, 5) is 22.1. The Hall–Kier alpha value is -2.94. The zero-order valence-electron chi connectivity index (χ0n) is 13.1. The summed E-state index contributed by atoms with van der Waals surface area (Å²) in [7, 11) is 1.53. The average molecular weight is 408 g/mol. The Balaban J connectivity index is 2.05. The molecule has 0 fully saturated rings. The van der Waals surface area contributed by atoms with Crippen molar-refractivity contribution in [3.63, 3.8) is 0 Å². The lowest BCUT2D eigenvalue weighted by atomic mass is 10.1. The van der Waals surface area contributed by atoms with Gasteiger partial charge in [0.15, 0.2) is 0 Å². The summed E-state index contributed by atoms with van der Waals surface area (Å²) in [5.41, 5.74) is 2.94. The number of methoxy groups -OCH3 is 1. The van der Waals surface area contributed by atoms with Crippen molar-refractivity contribution in [3.05, 3.63) is 62.1 Å². The molecule has 2 aromatic carbocycles. The van der Waals surface area contributed by atoms with Gasteiger partial charge in [0.05, 0.1) is 29.1 Å². The highest BCUT2D eigenvalue weighted by Gasteiger charge is 2.13. The fourth-order valence-corrected chi connectivity index (χ4v) is 2.45. The molecule has 0 aliphatic carbocycles. The molecule has 0 saturated heterocycles. The zero-order valence-corrected chi connectivity index (χ0v) is 14.7. The van der Waals surface area contributed by atoms with Crippen LogP contribution in [0.15, 0.2) is 46.0 Å². The monoisotopic (exact) mass is 407 g/mol. The van der Waals surface area contributed by atoms with Crippen molar-refractivity contribution in [2.75, 3.05) is 7.11 Å². The Kier molecular flexibility index (Phi) is 6.07. The van der Waals surface area contributed by atoms with Gasteiger partial charge in [-0.25, -0.2) is 5.43 Å². The van der Waals surface area contributed by atoms with Gasteiger partial charge < -0.3 is 9.84 Å². The molecular formula is C16H14BrN3O5. The Morgan fingerprint density at radius 2 is 2.20 bits per heavy atom. The number of rotatable bonds is 6. The van der Waals surface area contributed by atoms with Gasteiger partial charge in [-0.1, -0.05) is 12.1 Å². The number of phenols is 1. The Labute approximate surface area is 151 Å². The van der Waals surface area contributed by atoms with Gasteiger partial charge >= 0.3 is 0 Å². The first-order valence-electron chi connectivity index (χ1n) is 7.02. The molecule has 0 unspecified atom stereocenters. The van der Waals surface area contributed by atoms with E-state index in [1.807, 2.05) is 0 Å². The summed E-state index contributed by atoms with van der Waals surface area (Å²) < 4.78 is 5.24. The molecule has 130 valence electrons. The molecule has 0 radical (unpaired) electrons. The Morgan fingerprint density at radius 3 is 2.88 bits per heavy atom. The number of halogens is 1. The molecule has 8 nitrogen and oxygen atoms in total. The minimum atomic E-state index is -0.594. The number of nitro groups is 1. The number of nitrogens with one attached hydrogen (secondary N) is 1. The highest BCUT2D eigenvalue weighted by atomic mass is 79.9. The lowest BCUT2D eigenvalue weighted by molar-refractivity contribution is -0.385. The van der Waals surface area contributed by atoms with Crippen LogP contribution in [-0.4, -0.2) is 29.3 Å². The number of aromatic hydroxyl groups is 1. The van der Waals surface area contributed by atoms with Crippen LogP contribution in [0.25, 0.3) is 0 Å². The van der Waals surface area contributed by atoms with Crippen molar-refractivity contribution in [3.8, 4) is 11.5 Å². The van der Waals surface area contributed by atoms with E-state index in [-0.39, 0.29) is 33.8 Å². The van der Waals surface area contributed by atoms with Gasteiger partial charge in [-0.2, -0.15) is 5.10 Å². The molecular weight excluding hydrogens is 394 g/mol. The first-order valence-corrected chi connectivity index (χ1v) is 7.81. The fraction of sp³-hybridized carbons (Fsp3) is 0.125. The zero-order chi connectivity index (χ0) is 18.4.